The Bertz CT molecular complexity index is 1220. The number of hydrogen-bond acceptors (Lipinski definition) is 5. The molecule has 5 rings (SSSR count). The van der Waals surface area contributed by atoms with Crippen LogP contribution >= 0.6 is 22.7 Å². The molecule has 1 amide bonds. The van der Waals surface area contributed by atoms with E-state index in [1.54, 1.807) is 22.7 Å². The fraction of sp³-hybridized carbons (Fsp3) is 0.0952. The van der Waals surface area contributed by atoms with E-state index in [0.717, 1.165) is 21.1 Å². The topological polar surface area (TPSA) is 64.2 Å². The molecule has 0 unspecified atom stereocenters. The van der Waals surface area contributed by atoms with Crippen LogP contribution in [0.5, 0.6) is 0 Å². The van der Waals surface area contributed by atoms with Gasteiger partial charge in [0.25, 0.3) is 5.91 Å². The minimum atomic E-state index is -0.149. The summed E-state index contributed by atoms with van der Waals surface area (Å²) in [5, 5.41) is 11.7. The van der Waals surface area contributed by atoms with Crippen LogP contribution in [0.4, 0.5) is 0 Å². The molecule has 0 aliphatic rings. The van der Waals surface area contributed by atoms with Crippen LogP contribution in [-0.2, 0) is 13.1 Å². The number of thiazole rings is 1. The van der Waals surface area contributed by atoms with E-state index in [1.807, 2.05) is 68.8 Å². The number of nitrogens with one attached hydrogen (secondary N) is 1. The highest BCUT2D eigenvalue weighted by Crippen LogP contribution is 2.27. The molecule has 0 spiro atoms. The third-order valence-corrected chi connectivity index (χ3v) is 6.17. The van der Waals surface area contributed by atoms with Crippen molar-refractivity contribution in [3.05, 3.63) is 88.6 Å². The summed E-state index contributed by atoms with van der Waals surface area (Å²) in [7, 11) is 0. The summed E-state index contributed by atoms with van der Waals surface area (Å²) in [6.07, 6.45) is 5.72. The molecule has 0 fully saturated rings. The van der Waals surface area contributed by atoms with Gasteiger partial charge in [-0.15, -0.1) is 22.7 Å². The van der Waals surface area contributed by atoms with Crippen LogP contribution in [0, 0.1) is 0 Å². The molecule has 144 valence electrons. The van der Waals surface area contributed by atoms with Gasteiger partial charge in [0.1, 0.15) is 5.69 Å². The van der Waals surface area contributed by atoms with Gasteiger partial charge in [-0.25, -0.2) is 4.98 Å². The molecule has 6 nitrogen and oxygen atoms in total. The smallest absolute Gasteiger partial charge is 0.255 e. The monoisotopic (exact) mass is 419 g/mol. The van der Waals surface area contributed by atoms with Crippen LogP contribution in [0.2, 0.25) is 0 Å². The second kappa shape index (κ2) is 7.65. The number of thiophene rings is 1. The Kier molecular flexibility index (Phi) is 4.71. The molecule has 0 atom stereocenters. The number of hydrogen-bond donors (Lipinski definition) is 1. The largest absolute Gasteiger partial charge is 0.346 e. The highest BCUT2D eigenvalue weighted by atomic mass is 32.1. The normalized spacial score (nSPS) is 11.2. The van der Waals surface area contributed by atoms with E-state index < -0.39 is 0 Å². The summed E-state index contributed by atoms with van der Waals surface area (Å²) >= 11 is 3.15. The first-order chi connectivity index (χ1) is 14.3. The molecule has 0 saturated heterocycles. The van der Waals surface area contributed by atoms with Gasteiger partial charge >= 0.3 is 0 Å². The van der Waals surface area contributed by atoms with Crippen LogP contribution in [0.3, 0.4) is 0 Å². The predicted molar refractivity (Wildman–Crippen MR) is 115 cm³/mol. The fourth-order valence-electron chi connectivity index (χ4n) is 3.16. The summed E-state index contributed by atoms with van der Waals surface area (Å²) in [6.45, 7) is 0.991. The lowest BCUT2D eigenvalue weighted by Crippen LogP contribution is -2.23. The number of benzene rings is 1. The van der Waals surface area contributed by atoms with Crippen molar-refractivity contribution in [1.29, 1.82) is 0 Å². The lowest BCUT2D eigenvalue weighted by atomic mass is 10.2. The molecule has 5 aromatic rings. The van der Waals surface area contributed by atoms with Gasteiger partial charge in [0.05, 0.1) is 29.2 Å². The number of carbonyl (C=O) groups excluding carboxylic acids is 1. The van der Waals surface area contributed by atoms with Crippen LogP contribution in [0.1, 0.15) is 21.6 Å². The second-order valence-corrected chi connectivity index (χ2v) is 8.38. The highest BCUT2D eigenvalue weighted by Gasteiger charge is 2.19. The molecule has 4 heterocycles. The number of nitrogens with zero attached hydrogens (tertiary/aromatic N) is 4. The average molecular weight is 420 g/mol. The Morgan fingerprint density at radius 1 is 1.03 bits per heavy atom. The average Bonchev–Trinajstić information content (AvgIpc) is 3.49. The Morgan fingerprint density at radius 2 is 1.93 bits per heavy atom. The molecule has 4 aromatic heterocycles. The van der Waals surface area contributed by atoms with Gasteiger partial charge in [-0.05, 0) is 17.0 Å². The van der Waals surface area contributed by atoms with Crippen molar-refractivity contribution in [3.8, 4) is 10.6 Å². The van der Waals surface area contributed by atoms with Crippen LogP contribution in [0.15, 0.2) is 71.8 Å². The van der Waals surface area contributed by atoms with E-state index in [2.05, 4.69) is 22.4 Å². The fourth-order valence-corrected chi connectivity index (χ4v) is 4.60. The Balaban J connectivity index is 1.39. The first-order valence-electron chi connectivity index (χ1n) is 9.11. The standard InChI is InChI=1S/C21H17N5OS2/c27-20(22-11-16-13-25-8-10-29-21(25)23-16)17-14-26(12-15-5-2-1-3-6-15)24-19(17)18-7-4-9-28-18/h1-10,13-14H,11-12H2,(H,22,27). The van der Waals surface area contributed by atoms with E-state index in [1.165, 1.54) is 0 Å². The molecule has 0 aliphatic heterocycles. The number of aromatic nitrogens is 4. The van der Waals surface area contributed by atoms with E-state index in [-0.39, 0.29) is 5.91 Å². The third-order valence-electron chi connectivity index (χ3n) is 4.52. The minimum Gasteiger partial charge on any atom is -0.346 e. The van der Waals surface area contributed by atoms with Crippen molar-refractivity contribution in [2.75, 3.05) is 0 Å². The quantitative estimate of drug-likeness (QED) is 0.446. The third kappa shape index (κ3) is 3.72. The minimum absolute atomic E-state index is 0.149. The van der Waals surface area contributed by atoms with E-state index in [9.17, 15) is 4.79 Å². The zero-order valence-electron chi connectivity index (χ0n) is 15.4. The lowest BCUT2D eigenvalue weighted by molar-refractivity contribution is 0.0951. The van der Waals surface area contributed by atoms with Gasteiger partial charge in [0.2, 0.25) is 0 Å². The van der Waals surface area contributed by atoms with Crippen molar-refractivity contribution in [2.45, 2.75) is 13.1 Å². The summed E-state index contributed by atoms with van der Waals surface area (Å²) in [5.41, 5.74) is 3.25. The van der Waals surface area contributed by atoms with Crippen molar-refractivity contribution in [1.82, 2.24) is 24.5 Å². The Hall–Kier alpha value is -3.23. The van der Waals surface area contributed by atoms with Gasteiger partial charge < -0.3 is 5.32 Å². The van der Waals surface area contributed by atoms with E-state index in [4.69, 9.17) is 5.10 Å². The van der Waals surface area contributed by atoms with Gasteiger partial charge in [-0.2, -0.15) is 5.10 Å². The number of fused-ring (bicyclic) bond motifs is 1. The highest BCUT2D eigenvalue weighted by molar-refractivity contribution is 7.15. The van der Waals surface area contributed by atoms with Crippen molar-refractivity contribution in [3.63, 3.8) is 0 Å². The molecule has 0 radical (unpaired) electrons. The van der Waals surface area contributed by atoms with Gasteiger partial charge in [-0.3, -0.25) is 13.9 Å². The maximum atomic E-state index is 13.0. The number of rotatable bonds is 6. The van der Waals surface area contributed by atoms with Crippen molar-refractivity contribution < 1.29 is 4.79 Å². The first-order valence-corrected chi connectivity index (χ1v) is 10.9. The molecule has 1 N–H and O–H groups in total. The summed E-state index contributed by atoms with van der Waals surface area (Å²) in [5.74, 6) is -0.149. The second-order valence-electron chi connectivity index (χ2n) is 6.56. The number of imidazole rings is 1. The maximum Gasteiger partial charge on any atom is 0.255 e. The lowest BCUT2D eigenvalue weighted by Gasteiger charge is -2.02. The molecule has 29 heavy (non-hydrogen) atoms. The molecule has 8 heteroatoms. The summed E-state index contributed by atoms with van der Waals surface area (Å²) in [6, 6.07) is 14.1. The molecule has 0 aliphatic carbocycles. The van der Waals surface area contributed by atoms with E-state index in [0.29, 0.717) is 24.3 Å². The zero-order valence-corrected chi connectivity index (χ0v) is 17.0. The first kappa shape index (κ1) is 17.8. The maximum absolute atomic E-state index is 13.0. The van der Waals surface area contributed by atoms with Crippen LogP contribution in [0.25, 0.3) is 15.5 Å². The van der Waals surface area contributed by atoms with E-state index >= 15 is 0 Å². The van der Waals surface area contributed by atoms with Crippen LogP contribution in [-0.4, -0.2) is 25.1 Å². The Labute approximate surface area is 175 Å². The number of amides is 1. The SMILES string of the molecule is O=C(NCc1cn2ccsc2n1)c1cn(Cc2ccccc2)nc1-c1cccs1. The van der Waals surface area contributed by atoms with Gasteiger partial charge in [0, 0.05) is 24.0 Å². The van der Waals surface area contributed by atoms with Gasteiger partial charge in [-0.1, -0.05) is 36.4 Å². The summed E-state index contributed by atoms with van der Waals surface area (Å²) < 4.78 is 3.78. The molecule has 0 bridgehead atoms. The molecule has 1 aromatic carbocycles. The van der Waals surface area contributed by atoms with Crippen molar-refractivity contribution >= 4 is 33.5 Å². The zero-order chi connectivity index (χ0) is 19.6. The molecule has 0 saturated carbocycles. The predicted octanol–water partition coefficient (Wildman–Crippen LogP) is 4.30. The Morgan fingerprint density at radius 3 is 2.72 bits per heavy atom. The number of carbonyl (C=O) groups is 1. The van der Waals surface area contributed by atoms with Crippen LogP contribution < -0.4 is 5.32 Å². The summed E-state index contributed by atoms with van der Waals surface area (Å²) in [4.78, 5) is 19.4. The molecular formula is C21H17N5OS2. The molecular weight excluding hydrogens is 402 g/mol. The van der Waals surface area contributed by atoms with Crippen molar-refractivity contribution in [2.24, 2.45) is 0 Å². The van der Waals surface area contributed by atoms with Gasteiger partial charge in [0.15, 0.2) is 4.96 Å².